The second-order valence-corrected chi connectivity index (χ2v) is 4.08. The summed E-state index contributed by atoms with van der Waals surface area (Å²) in [7, 11) is 0. The molecule has 0 radical (unpaired) electrons. The average Bonchev–Trinajstić information content (AvgIpc) is 2.82. The van der Waals surface area contributed by atoms with Crippen molar-refractivity contribution in [3.63, 3.8) is 0 Å². The molecule has 0 spiro atoms. The fourth-order valence-electron chi connectivity index (χ4n) is 1.68. The molecule has 2 N–H and O–H groups in total. The second-order valence-electron chi connectivity index (χ2n) is 3.89. The van der Waals surface area contributed by atoms with Gasteiger partial charge in [0.1, 0.15) is 6.61 Å². The SMILES string of the molecule is Cc1cccc(C(=O)NCl)c1COc1ccn(O)n1. The zero-order valence-corrected chi connectivity index (χ0v) is 10.9. The highest BCUT2D eigenvalue weighted by atomic mass is 35.5. The minimum Gasteiger partial charge on any atom is -0.472 e. The van der Waals surface area contributed by atoms with Gasteiger partial charge in [-0.3, -0.25) is 9.63 Å². The van der Waals surface area contributed by atoms with Crippen LogP contribution in [0, 0.1) is 6.92 Å². The molecule has 0 saturated carbocycles. The van der Waals surface area contributed by atoms with Gasteiger partial charge in [-0.05, 0) is 18.6 Å². The molecule has 0 saturated heterocycles. The molecule has 1 aromatic heterocycles. The molecule has 0 aliphatic heterocycles. The monoisotopic (exact) mass is 281 g/mol. The van der Waals surface area contributed by atoms with Crippen LogP contribution in [0.3, 0.4) is 0 Å². The number of nitrogens with zero attached hydrogens (tertiary/aromatic N) is 2. The molecule has 1 amide bonds. The van der Waals surface area contributed by atoms with Crippen molar-refractivity contribution < 1.29 is 14.7 Å². The third-order valence-corrected chi connectivity index (χ3v) is 2.83. The third-order valence-electron chi connectivity index (χ3n) is 2.66. The van der Waals surface area contributed by atoms with E-state index in [9.17, 15) is 4.79 Å². The standard InChI is InChI=1S/C12H12ClN3O3/c1-8-3-2-4-9(12(17)14-13)10(8)7-19-11-5-6-16(18)15-11/h2-6,18H,7H2,1H3,(H,14,17). The van der Waals surface area contributed by atoms with Gasteiger partial charge in [0.25, 0.3) is 5.91 Å². The van der Waals surface area contributed by atoms with Gasteiger partial charge in [-0.2, -0.15) is 0 Å². The second kappa shape index (κ2) is 5.62. The van der Waals surface area contributed by atoms with Gasteiger partial charge in [-0.1, -0.05) is 17.2 Å². The Morgan fingerprint density at radius 3 is 2.95 bits per heavy atom. The Morgan fingerprint density at radius 1 is 1.53 bits per heavy atom. The number of hydrogen-bond acceptors (Lipinski definition) is 4. The Morgan fingerprint density at radius 2 is 2.32 bits per heavy atom. The van der Waals surface area contributed by atoms with Gasteiger partial charge in [0, 0.05) is 29.0 Å². The van der Waals surface area contributed by atoms with Crippen molar-refractivity contribution in [3.05, 3.63) is 47.2 Å². The van der Waals surface area contributed by atoms with Crippen molar-refractivity contribution in [2.45, 2.75) is 13.5 Å². The summed E-state index contributed by atoms with van der Waals surface area (Å²) in [6.07, 6.45) is 1.35. The largest absolute Gasteiger partial charge is 0.472 e. The lowest BCUT2D eigenvalue weighted by Crippen LogP contribution is -2.16. The predicted octanol–water partition coefficient (Wildman–Crippen LogP) is 1.89. The highest BCUT2D eigenvalue weighted by Crippen LogP contribution is 2.17. The van der Waals surface area contributed by atoms with Crippen molar-refractivity contribution in [1.82, 2.24) is 14.8 Å². The van der Waals surface area contributed by atoms with E-state index in [1.54, 1.807) is 12.1 Å². The van der Waals surface area contributed by atoms with E-state index >= 15 is 0 Å². The lowest BCUT2D eigenvalue weighted by atomic mass is 10.0. The van der Waals surface area contributed by atoms with Gasteiger partial charge < -0.3 is 9.94 Å². The van der Waals surface area contributed by atoms with Crippen LogP contribution >= 0.6 is 11.8 Å². The zero-order valence-electron chi connectivity index (χ0n) is 10.1. The summed E-state index contributed by atoms with van der Waals surface area (Å²) >= 11 is 5.34. The van der Waals surface area contributed by atoms with Crippen molar-refractivity contribution in [3.8, 4) is 5.88 Å². The number of aromatic nitrogens is 2. The number of ether oxygens (including phenoxy) is 1. The minimum absolute atomic E-state index is 0.156. The summed E-state index contributed by atoms with van der Waals surface area (Å²) in [5.74, 6) is -0.125. The third kappa shape index (κ3) is 2.97. The number of rotatable bonds is 4. The molecule has 7 heteroatoms. The molecule has 2 rings (SSSR count). The van der Waals surface area contributed by atoms with Crippen LogP contribution in [0.2, 0.25) is 0 Å². The highest BCUT2D eigenvalue weighted by Gasteiger charge is 2.13. The first-order valence-corrected chi connectivity index (χ1v) is 5.87. The van der Waals surface area contributed by atoms with Crippen LogP contribution in [-0.2, 0) is 6.61 Å². The van der Waals surface area contributed by atoms with Crippen molar-refractivity contribution in [2.24, 2.45) is 0 Å². The molecular weight excluding hydrogens is 270 g/mol. The number of aryl methyl sites for hydroxylation is 1. The number of halogens is 1. The van der Waals surface area contributed by atoms with E-state index < -0.39 is 5.91 Å². The predicted molar refractivity (Wildman–Crippen MR) is 68.2 cm³/mol. The zero-order chi connectivity index (χ0) is 13.8. The summed E-state index contributed by atoms with van der Waals surface area (Å²) in [4.78, 5) is 14.4. The quantitative estimate of drug-likeness (QED) is 0.663. The van der Waals surface area contributed by atoms with E-state index in [4.69, 9.17) is 21.7 Å². The number of amides is 1. The average molecular weight is 282 g/mol. The lowest BCUT2D eigenvalue weighted by Gasteiger charge is -2.11. The molecule has 6 nitrogen and oxygen atoms in total. The fourth-order valence-corrected chi connectivity index (χ4v) is 1.78. The van der Waals surface area contributed by atoms with Crippen molar-refractivity contribution in [1.29, 1.82) is 0 Å². The topological polar surface area (TPSA) is 76.4 Å². The number of carbonyl (C=O) groups is 1. The van der Waals surface area contributed by atoms with Crippen LogP contribution in [-0.4, -0.2) is 21.1 Å². The maximum Gasteiger partial charge on any atom is 0.266 e. The number of nitrogens with one attached hydrogen (secondary N) is 1. The summed E-state index contributed by atoms with van der Waals surface area (Å²) < 4.78 is 5.41. The van der Waals surface area contributed by atoms with Crippen LogP contribution in [0.4, 0.5) is 0 Å². The van der Waals surface area contributed by atoms with Gasteiger partial charge in [-0.25, -0.2) is 0 Å². The van der Waals surface area contributed by atoms with Crippen molar-refractivity contribution >= 4 is 17.7 Å². The van der Waals surface area contributed by atoms with Crippen molar-refractivity contribution in [2.75, 3.05) is 0 Å². The lowest BCUT2D eigenvalue weighted by molar-refractivity contribution is 0.0978. The maximum atomic E-state index is 11.6. The highest BCUT2D eigenvalue weighted by molar-refractivity contribution is 6.24. The molecular formula is C12H12ClN3O3. The molecule has 1 aromatic carbocycles. The molecule has 0 bridgehead atoms. The normalized spacial score (nSPS) is 10.2. The van der Waals surface area contributed by atoms with Crippen LogP contribution in [0.25, 0.3) is 0 Å². The summed E-state index contributed by atoms with van der Waals surface area (Å²) in [5, 5.41) is 12.7. The van der Waals surface area contributed by atoms with Gasteiger partial charge >= 0.3 is 0 Å². The molecule has 2 aromatic rings. The van der Waals surface area contributed by atoms with E-state index in [1.807, 2.05) is 13.0 Å². The summed E-state index contributed by atoms with van der Waals surface area (Å²) in [6.45, 7) is 2.03. The number of benzene rings is 1. The van der Waals surface area contributed by atoms with E-state index in [2.05, 4.69) is 9.93 Å². The molecule has 0 aliphatic carbocycles. The van der Waals surface area contributed by atoms with Crippen LogP contribution in [0.1, 0.15) is 21.5 Å². The van der Waals surface area contributed by atoms with E-state index in [-0.39, 0.29) is 12.5 Å². The van der Waals surface area contributed by atoms with Crippen LogP contribution in [0.5, 0.6) is 5.88 Å². The molecule has 1 heterocycles. The molecule has 0 fully saturated rings. The molecule has 100 valence electrons. The van der Waals surface area contributed by atoms with Gasteiger partial charge in [0.05, 0.1) is 6.20 Å². The Bertz CT molecular complexity index is 598. The minimum atomic E-state index is -0.392. The molecule has 0 atom stereocenters. The Kier molecular flexibility index (Phi) is 3.91. The first kappa shape index (κ1) is 13.2. The summed E-state index contributed by atoms with van der Waals surface area (Å²) in [6, 6.07) is 6.81. The smallest absolute Gasteiger partial charge is 0.266 e. The Labute approximate surface area is 114 Å². The number of hydrogen-bond donors (Lipinski definition) is 2. The fraction of sp³-hybridized carbons (Fsp3) is 0.167. The van der Waals surface area contributed by atoms with Crippen LogP contribution < -0.4 is 9.57 Å². The van der Waals surface area contributed by atoms with Crippen LogP contribution in [0.15, 0.2) is 30.5 Å². The number of carbonyl (C=O) groups excluding carboxylic acids is 1. The molecule has 0 aliphatic rings. The van der Waals surface area contributed by atoms with Gasteiger partial charge in [0.15, 0.2) is 0 Å². The Balaban J connectivity index is 2.21. The molecule has 0 unspecified atom stereocenters. The maximum absolute atomic E-state index is 11.6. The van der Waals surface area contributed by atoms with Gasteiger partial charge in [-0.15, -0.1) is 4.85 Å². The first-order valence-electron chi connectivity index (χ1n) is 5.49. The summed E-state index contributed by atoms with van der Waals surface area (Å²) in [5.41, 5.74) is 2.06. The van der Waals surface area contributed by atoms with E-state index in [1.165, 1.54) is 12.3 Å². The van der Waals surface area contributed by atoms with Gasteiger partial charge in [0.2, 0.25) is 5.88 Å². The Hall–Kier alpha value is -2.21. The first-order chi connectivity index (χ1) is 9.11. The molecule has 19 heavy (non-hydrogen) atoms. The van der Waals surface area contributed by atoms with E-state index in [0.717, 1.165) is 5.56 Å². The van der Waals surface area contributed by atoms with E-state index in [0.29, 0.717) is 16.0 Å².